The Balaban J connectivity index is 2.08. The predicted octanol–water partition coefficient (Wildman–Crippen LogP) is 1.66. The standard InChI is InChI=1S/C12H18OSi/c1-11(13)7-5-6-10-14-12-8-3-2-4-9-12/h2-4,8-9H,5-7,10,14H2,1H3. The van der Waals surface area contributed by atoms with Crippen LogP contribution in [-0.2, 0) is 4.79 Å². The summed E-state index contributed by atoms with van der Waals surface area (Å²) in [4.78, 5) is 10.7. The molecule has 0 spiro atoms. The van der Waals surface area contributed by atoms with Gasteiger partial charge in [-0.2, -0.15) is 0 Å². The van der Waals surface area contributed by atoms with Crippen LogP contribution >= 0.6 is 0 Å². The molecule has 1 rings (SSSR count). The van der Waals surface area contributed by atoms with E-state index in [0.29, 0.717) is 5.78 Å². The topological polar surface area (TPSA) is 17.1 Å². The first kappa shape index (κ1) is 11.2. The fourth-order valence-corrected chi connectivity index (χ4v) is 3.14. The van der Waals surface area contributed by atoms with E-state index in [2.05, 4.69) is 30.3 Å². The zero-order chi connectivity index (χ0) is 10.2. The average molecular weight is 206 g/mol. The van der Waals surface area contributed by atoms with Crippen molar-refractivity contribution in [2.45, 2.75) is 32.2 Å². The number of hydrogen-bond acceptors (Lipinski definition) is 1. The number of carbonyl (C=O) groups is 1. The van der Waals surface area contributed by atoms with E-state index >= 15 is 0 Å². The SMILES string of the molecule is CC(=O)CCCC[SiH2]c1ccccc1. The molecular formula is C12H18OSi. The molecule has 0 saturated heterocycles. The van der Waals surface area contributed by atoms with Gasteiger partial charge in [-0.3, -0.25) is 0 Å². The van der Waals surface area contributed by atoms with Crippen LogP contribution in [0.15, 0.2) is 30.3 Å². The van der Waals surface area contributed by atoms with Crippen LogP contribution in [0.1, 0.15) is 26.2 Å². The van der Waals surface area contributed by atoms with Crippen molar-refractivity contribution in [2.24, 2.45) is 0 Å². The van der Waals surface area contributed by atoms with E-state index in [1.165, 1.54) is 17.7 Å². The molecule has 76 valence electrons. The molecule has 0 N–H and O–H groups in total. The first-order chi connectivity index (χ1) is 6.79. The lowest BCUT2D eigenvalue weighted by Gasteiger charge is -1.99. The number of unbranched alkanes of at least 4 members (excludes halogenated alkanes) is 1. The van der Waals surface area contributed by atoms with Crippen LogP contribution in [0, 0.1) is 0 Å². The van der Waals surface area contributed by atoms with E-state index in [0.717, 1.165) is 12.8 Å². The van der Waals surface area contributed by atoms with Crippen molar-refractivity contribution in [1.82, 2.24) is 0 Å². The molecule has 0 amide bonds. The van der Waals surface area contributed by atoms with Crippen LogP contribution in [0.25, 0.3) is 0 Å². The summed E-state index contributed by atoms with van der Waals surface area (Å²) in [5.74, 6) is 0.325. The normalized spacial score (nSPS) is 10.9. The summed E-state index contributed by atoms with van der Waals surface area (Å²) in [6.45, 7) is 1.68. The summed E-state index contributed by atoms with van der Waals surface area (Å²) in [5, 5.41) is 1.54. The highest BCUT2D eigenvalue weighted by molar-refractivity contribution is 6.53. The zero-order valence-corrected chi connectivity index (χ0v) is 10.2. The van der Waals surface area contributed by atoms with E-state index in [-0.39, 0.29) is 9.52 Å². The van der Waals surface area contributed by atoms with Gasteiger partial charge in [0.1, 0.15) is 5.78 Å². The summed E-state index contributed by atoms with van der Waals surface area (Å²) >= 11 is 0. The van der Waals surface area contributed by atoms with Gasteiger partial charge >= 0.3 is 0 Å². The highest BCUT2D eigenvalue weighted by Gasteiger charge is 1.95. The Morgan fingerprint density at radius 2 is 1.93 bits per heavy atom. The first-order valence-electron chi connectivity index (χ1n) is 5.32. The first-order valence-corrected chi connectivity index (χ1v) is 7.03. The minimum absolute atomic E-state index is 0.0676. The summed E-state index contributed by atoms with van der Waals surface area (Å²) < 4.78 is 0. The minimum atomic E-state index is -0.0676. The van der Waals surface area contributed by atoms with Crippen LogP contribution < -0.4 is 5.19 Å². The second-order valence-electron chi connectivity index (χ2n) is 3.75. The van der Waals surface area contributed by atoms with Crippen LogP contribution in [0.5, 0.6) is 0 Å². The number of ketones is 1. The quantitative estimate of drug-likeness (QED) is 0.511. The molecule has 0 radical (unpaired) electrons. The lowest BCUT2D eigenvalue weighted by molar-refractivity contribution is -0.117. The Kier molecular flexibility index (Phi) is 5.23. The second kappa shape index (κ2) is 6.54. The third-order valence-corrected chi connectivity index (χ3v) is 4.24. The second-order valence-corrected chi connectivity index (χ2v) is 5.77. The number of benzene rings is 1. The lowest BCUT2D eigenvalue weighted by Crippen LogP contribution is -2.12. The van der Waals surface area contributed by atoms with E-state index in [4.69, 9.17) is 0 Å². The molecule has 0 aliphatic heterocycles. The molecule has 0 bridgehead atoms. The molecular weight excluding hydrogens is 188 g/mol. The maximum atomic E-state index is 10.7. The van der Waals surface area contributed by atoms with Crippen molar-refractivity contribution in [3.63, 3.8) is 0 Å². The highest BCUT2D eigenvalue weighted by Crippen LogP contribution is 2.00. The van der Waals surface area contributed by atoms with E-state index in [1.807, 2.05) is 0 Å². The molecule has 1 aromatic carbocycles. The van der Waals surface area contributed by atoms with Gasteiger partial charge in [0.2, 0.25) is 0 Å². The fraction of sp³-hybridized carbons (Fsp3) is 0.417. The van der Waals surface area contributed by atoms with Gasteiger partial charge in [-0.1, -0.05) is 48.0 Å². The molecule has 0 fully saturated rings. The lowest BCUT2D eigenvalue weighted by atomic mass is 10.2. The number of rotatable bonds is 6. The summed E-state index contributed by atoms with van der Waals surface area (Å²) in [7, 11) is -0.0676. The van der Waals surface area contributed by atoms with Crippen molar-refractivity contribution in [3.8, 4) is 0 Å². The van der Waals surface area contributed by atoms with Crippen LogP contribution in [0.3, 0.4) is 0 Å². The van der Waals surface area contributed by atoms with E-state index in [9.17, 15) is 4.79 Å². The molecule has 0 heterocycles. The van der Waals surface area contributed by atoms with Gasteiger partial charge in [-0.25, -0.2) is 0 Å². The van der Waals surface area contributed by atoms with Gasteiger partial charge in [0.05, 0.1) is 9.52 Å². The van der Waals surface area contributed by atoms with Crippen LogP contribution in [-0.4, -0.2) is 15.3 Å². The van der Waals surface area contributed by atoms with Crippen molar-refractivity contribution >= 4 is 20.5 Å². The molecule has 1 nitrogen and oxygen atoms in total. The Labute approximate surface area is 88.4 Å². The smallest absolute Gasteiger partial charge is 0.129 e. The predicted molar refractivity (Wildman–Crippen MR) is 64.0 cm³/mol. The Bertz CT molecular complexity index is 269. The largest absolute Gasteiger partial charge is 0.300 e. The summed E-state index contributed by atoms with van der Waals surface area (Å²) in [6, 6.07) is 12.1. The molecule has 0 unspecified atom stereocenters. The molecule has 14 heavy (non-hydrogen) atoms. The molecule has 0 aliphatic rings. The minimum Gasteiger partial charge on any atom is -0.300 e. The van der Waals surface area contributed by atoms with Gasteiger partial charge in [0, 0.05) is 6.42 Å². The fourth-order valence-electron chi connectivity index (χ4n) is 1.52. The van der Waals surface area contributed by atoms with Gasteiger partial charge < -0.3 is 4.79 Å². The number of hydrogen-bond donors (Lipinski definition) is 0. The third kappa shape index (κ3) is 4.97. The van der Waals surface area contributed by atoms with Gasteiger partial charge in [0.15, 0.2) is 0 Å². The molecule has 0 saturated carbocycles. The van der Waals surface area contributed by atoms with Crippen molar-refractivity contribution in [2.75, 3.05) is 0 Å². The number of carbonyl (C=O) groups excluding carboxylic acids is 1. The third-order valence-electron chi connectivity index (χ3n) is 2.34. The summed E-state index contributed by atoms with van der Waals surface area (Å²) in [5.41, 5.74) is 0. The Hall–Kier alpha value is -0.893. The number of Topliss-reactive ketones (excluding diaryl/α,β-unsaturated/α-hetero) is 1. The Morgan fingerprint density at radius 3 is 2.57 bits per heavy atom. The van der Waals surface area contributed by atoms with E-state index in [1.54, 1.807) is 6.92 Å². The van der Waals surface area contributed by atoms with Gasteiger partial charge in [-0.15, -0.1) is 0 Å². The Morgan fingerprint density at radius 1 is 1.21 bits per heavy atom. The maximum Gasteiger partial charge on any atom is 0.129 e. The van der Waals surface area contributed by atoms with Crippen LogP contribution in [0.2, 0.25) is 6.04 Å². The molecule has 2 heteroatoms. The average Bonchev–Trinajstić information content (AvgIpc) is 2.18. The maximum absolute atomic E-state index is 10.7. The van der Waals surface area contributed by atoms with Gasteiger partial charge in [0.25, 0.3) is 0 Å². The van der Waals surface area contributed by atoms with Gasteiger partial charge in [-0.05, 0) is 13.3 Å². The monoisotopic (exact) mass is 206 g/mol. The molecule has 0 atom stereocenters. The zero-order valence-electron chi connectivity index (χ0n) is 8.83. The van der Waals surface area contributed by atoms with Crippen LogP contribution in [0.4, 0.5) is 0 Å². The molecule has 1 aromatic rings. The highest BCUT2D eigenvalue weighted by atomic mass is 28.2. The summed E-state index contributed by atoms with van der Waals surface area (Å²) in [6.07, 6.45) is 3.07. The van der Waals surface area contributed by atoms with Crippen molar-refractivity contribution in [3.05, 3.63) is 30.3 Å². The van der Waals surface area contributed by atoms with Crippen molar-refractivity contribution < 1.29 is 4.79 Å². The van der Waals surface area contributed by atoms with E-state index < -0.39 is 0 Å². The van der Waals surface area contributed by atoms with Crippen molar-refractivity contribution in [1.29, 1.82) is 0 Å². The molecule has 0 aromatic heterocycles. The molecule has 0 aliphatic carbocycles.